The average Bonchev–Trinajstić information content (AvgIpc) is 3.27. The summed E-state index contributed by atoms with van der Waals surface area (Å²) in [5, 5.41) is 3.55. The fourth-order valence-corrected chi connectivity index (χ4v) is 4.34. The number of hydrogen-bond donors (Lipinski definition) is 2. The Bertz CT molecular complexity index is 401. The van der Waals surface area contributed by atoms with Crippen LogP contribution in [0.3, 0.4) is 0 Å². The molecule has 0 aromatic carbocycles. The van der Waals surface area contributed by atoms with Gasteiger partial charge in [-0.1, -0.05) is 19.8 Å². The molecule has 1 saturated carbocycles. The van der Waals surface area contributed by atoms with E-state index in [4.69, 9.17) is 0 Å². The summed E-state index contributed by atoms with van der Waals surface area (Å²) < 4.78 is 29.1. The molecule has 2 fully saturated rings. The lowest BCUT2D eigenvalue weighted by atomic mass is 9.98. The van der Waals surface area contributed by atoms with Gasteiger partial charge in [0.25, 0.3) is 10.2 Å². The van der Waals surface area contributed by atoms with Crippen molar-refractivity contribution in [2.75, 3.05) is 19.6 Å². The van der Waals surface area contributed by atoms with E-state index in [0.717, 1.165) is 44.7 Å². The molecule has 1 aliphatic carbocycles. The van der Waals surface area contributed by atoms with Gasteiger partial charge in [-0.05, 0) is 51.5 Å². The number of hydrogen-bond acceptors (Lipinski definition) is 3. The monoisotopic (exact) mass is 317 g/mol. The van der Waals surface area contributed by atoms with Crippen molar-refractivity contribution < 1.29 is 8.42 Å². The number of unbranched alkanes of at least 4 members (excludes halogenated alkanes) is 1. The molecule has 0 spiro atoms. The van der Waals surface area contributed by atoms with Gasteiger partial charge in [0.1, 0.15) is 0 Å². The minimum atomic E-state index is -3.29. The van der Waals surface area contributed by atoms with Crippen molar-refractivity contribution in [3.63, 3.8) is 0 Å². The van der Waals surface area contributed by atoms with Gasteiger partial charge < -0.3 is 5.32 Å². The van der Waals surface area contributed by atoms with Crippen LogP contribution >= 0.6 is 0 Å². The summed E-state index contributed by atoms with van der Waals surface area (Å²) in [7, 11) is -3.29. The Morgan fingerprint density at radius 2 is 1.86 bits per heavy atom. The zero-order chi connectivity index (χ0) is 15.3. The average molecular weight is 317 g/mol. The van der Waals surface area contributed by atoms with Crippen LogP contribution in [0.2, 0.25) is 0 Å². The third kappa shape index (κ3) is 5.85. The van der Waals surface area contributed by atoms with Crippen LogP contribution in [0.5, 0.6) is 0 Å². The maximum atomic E-state index is 12.3. The van der Waals surface area contributed by atoms with Crippen LogP contribution in [0.25, 0.3) is 0 Å². The Labute approximate surface area is 130 Å². The molecule has 1 saturated heterocycles. The van der Waals surface area contributed by atoms with Crippen molar-refractivity contribution in [1.82, 2.24) is 14.3 Å². The van der Waals surface area contributed by atoms with E-state index < -0.39 is 10.2 Å². The molecule has 5 nitrogen and oxygen atoms in total. The molecular formula is C15H31N3O2S. The fraction of sp³-hybridized carbons (Fsp3) is 1.00. The third-order valence-corrected chi connectivity index (χ3v) is 6.27. The van der Waals surface area contributed by atoms with Crippen LogP contribution < -0.4 is 10.0 Å². The van der Waals surface area contributed by atoms with Crippen LogP contribution in [-0.4, -0.2) is 44.4 Å². The lowest BCUT2D eigenvalue weighted by molar-refractivity contribution is 0.263. The van der Waals surface area contributed by atoms with Gasteiger partial charge >= 0.3 is 0 Å². The second-order valence-electron chi connectivity index (χ2n) is 6.69. The number of rotatable bonds is 9. The highest BCUT2D eigenvalue weighted by Gasteiger charge is 2.29. The second-order valence-corrected chi connectivity index (χ2v) is 8.39. The molecule has 1 atom stereocenters. The fourth-order valence-electron chi connectivity index (χ4n) is 2.87. The van der Waals surface area contributed by atoms with E-state index in [1.54, 1.807) is 4.31 Å². The van der Waals surface area contributed by atoms with E-state index in [9.17, 15) is 8.42 Å². The lowest BCUT2D eigenvalue weighted by Crippen LogP contribution is -2.48. The van der Waals surface area contributed by atoms with E-state index in [2.05, 4.69) is 17.0 Å². The molecule has 1 heterocycles. The lowest BCUT2D eigenvalue weighted by Gasteiger charge is -2.32. The maximum Gasteiger partial charge on any atom is 0.279 e. The molecule has 2 N–H and O–H groups in total. The van der Waals surface area contributed by atoms with Crippen LogP contribution in [0.1, 0.15) is 58.8 Å². The summed E-state index contributed by atoms with van der Waals surface area (Å²) in [4.78, 5) is 0. The first kappa shape index (κ1) is 17.2. The van der Waals surface area contributed by atoms with E-state index in [0.29, 0.717) is 19.0 Å². The Kier molecular flexibility index (Phi) is 6.47. The van der Waals surface area contributed by atoms with Crippen LogP contribution in [0.4, 0.5) is 0 Å². The summed E-state index contributed by atoms with van der Waals surface area (Å²) in [6.45, 7) is 6.46. The first-order chi connectivity index (χ1) is 10.0. The van der Waals surface area contributed by atoms with Gasteiger partial charge in [0, 0.05) is 25.2 Å². The summed E-state index contributed by atoms with van der Waals surface area (Å²) in [5.41, 5.74) is 0. The molecule has 21 heavy (non-hydrogen) atoms. The molecule has 124 valence electrons. The van der Waals surface area contributed by atoms with Crippen molar-refractivity contribution in [2.45, 2.75) is 70.9 Å². The number of nitrogens with one attached hydrogen (secondary N) is 2. The Morgan fingerprint density at radius 3 is 2.43 bits per heavy atom. The zero-order valence-corrected chi connectivity index (χ0v) is 14.3. The maximum absolute atomic E-state index is 12.3. The van der Waals surface area contributed by atoms with Crippen molar-refractivity contribution in [3.8, 4) is 0 Å². The molecule has 6 heteroatoms. The third-order valence-electron chi connectivity index (χ3n) is 4.53. The quantitative estimate of drug-likeness (QED) is 0.682. The Hall–Kier alpha value is -0.170. The number of nitrogens with zero attached hydrogens (tertiary/aromatic N) is 1. The summed E-state index contributed by atoms with van der Waals surface area (Å²) >= 11 is 0. The molecular weight excluding hydrogens is 286 g/mol. The highest BCUT2D eigenvalue weighted by molar-refractivity contribution is 7.87. The minimum absolute atomic E-state index is 0.0317. The highest BCUT2D eigenvalue weighted by Crippen LogP contribution is 2.22. The van der Waals surface area contributed by atoms with Gasteiger partial charge in [0.15, 0.2) is 0 Å². The molecule has 1 unspecified atom stereocenters. The topological polar surface area (TPSA) is 61.4 Å². The van der Waals surface area contributed by atoms with Gasteiger partial charge in [-0.15, -0.1) is 0 Å². The molecule has 0 amide bonds. The first-order valence-electron chi connectivity index (χ1n) is 8.52. The van der Waals surface area contributed by atoms with Crippen LogP contribution in [0, 0.1) is 5.92 Å². The Balaban J connectivity index is 1.71. The van der Waals surface area contributed by atoms with Crippen LogP contribution in [-0.2, 0) is 10.2 Å². The molecule has 2 rings (SSSR count). The van der Waals surface area contributed by atoms with Crippen molar-refractivity contribution in [2.24, 2.45) is 5.92 Å². The van der Waals surface area contributed by atoms with E-state index >= 15 is 0 Å². The van der Waals surface area contributed by atoms with Crippen LogP contribution in [0.15, 0.2) is 0 Å². The molecule has 2 aliphatic rings. The van der Waals surface area contributed by atoms with Gasteiger partial charge in [-0.2, -0.15) is 17.4 Å². The predicted molar refractivity (Wildman–Crippen MR) is 86.4 cm³/mol. The van der Waals surface area contributed by atoms with Gasteiger partial charge in [-0.3, -0.25) is 0 Å². The molecule has 0 bridgehead atoms. The predicted octanol–water partition coefficient (Wildman–Crippen LogP) is 1.86. The Morgan fingerprint density at radius 1 is 1.19 bits per heavy atom. The molecule has 1 aliphatic heterocycles. The second kappa shape index (κ2) is 7.90. The van der Waals surface area contributed by atoms with Gasteiger partial charge in [0.05, 0.1) is 0 Å². The standard InChI is InChI=1S/C15H31N3O2S/c1-3-4-5-13(2)17-21(19,20)18-10-8-14(9-11-18)12-16-15-6-7-15/h13-17H,3-12H2,1-2H3. The summed E-state index contributed by atoms with van der Waals surface area (Å²) in [5.74, 6) is 0.634. The zero-order valence-electron chi connectivity index (χ0n) is 13.5. The largest absolute Gasteiger partial charge is 0.314 e. The normalized spacial score (nSPS) is 23.3. The van der Waals surface area contributed by atoms with E-state index in [1.165, 1.54) is 12.8 Å². The van der Waals surface area contributed by atoms with E-state index in [-0.39, 0.29) is 6.04 Å². The number of piperidine rings is 1. The molecule has 0 aromatic heterocycles. The highest BCUT2D eigenvalue weighted by atomic mass is 32.2. The van der Waals surface area contributed by atoms with Crippen molar-refractivity contribution >= 4 is 10.2 Å². The molecule has 0 aromatic rings. The first-order valence-corrected chi connectivity index (χ1v) is 9.96. The minimum Gasteiger partial charge on any atom is -0.314 e. The van der Waals surface area contributed by atoms with Gasteiger partial charge in [-0.25, -0.2) is 0 Å². The summed E-state index contributed by atoms with van der Waals surface area (Å²) in [6.07, 6.45) is 7.66. The smallest absolute Gasteiger partial charge is 0.279 e. The molecule has 0 radical (unpaired) electrons. The SMILES string of the molecule is CCCCC(C)NS(=O)(=O)N1CCC(CNC2CC2)CC1. The van der Waals surface area contributed by atoms with Crippen molar-refractivity contribution in [3.05, 3.63) is 0 Å². The van der Waals surface area contributed by atoms with E-state index in [1.807, 2.05) is 6.92 Å². The van der Waals surface area contributed by atoms with Crippen molar-refractivity contribution in [1.29, 1.82) is 0 Å². The summed E-state index contributed by atoms with van der Waals surface area (Å²) in [6, 6.07) is 0.775. The van der Waals surface area contributed by atoms with Gasteiger partial charge in [0.2, 0.25) is 0 Å².